The Bertz CT molecular complexity index is 826. The second kappa shape index (κ2) is 8.05. The molecule has 0 fully saturated rings. The number of nitrogens with one attached hydrogen (secondary N) is 1. The zero-order valence-corrected chi connectivity index (χ0v) is 15.5. The molecule has 2 aromatic rings. The maximum absolute atomic E-state index is 12.5. The number of esters is 1. The van der Waals surface area contributed by atoms with Crippen molar-refractivity contribution in [2.75, 3.05) is 5.32 Å². The Hall–Kier alpha value is -2.81. The van der Waals surface area contributed by atoms with Gasteiger partial charge in [-0.05, 0) is 50.2 Å². The summed E-state index contributed by atoms with van der Waals surface area (Å²) in [5.74, 6) is -0.780. The van der Waals surface area contributed by atoms with Crippen molar-refractivity contribution >= 4 is 33.3 Å². The van der Waals surface area contributed by atoms with Crippen LogP contribution < -0.4 is 5.32 Å². The molecule has 0 atom stereocenters. The number of hydrogen-bond acceptors (Lipinski definition) is 7. The SMILES string of the molecule is CC(C)(C)OC(=O)CCc1ccccc1C(=O)Nc1ncc([N+](=O)[O-])s1. The van der Waals surface area contributed by atoms with Crippen LogP contribution in [0.1, 0.15) is 43.1 Å². The minimum atomic E-state index is -0.567. The van der Waals surface area contributed by atoms with Crippen molar-refractivity contribution in [3.63, 3.8) is 0 Å². The monoisotopic (exact) mass is 377 g/mol. The van der Waals surface area contributed by atoms with Crippen LogP contribution in [0.25, 0.3) is 0 Å². The van der Waals surface area contributed by atoms with Gasteiger partial charge < -0.3 is 4.74 Å². The molecule has 1 aromatic carbocycles. The number of rotatable bonds is 6. The van der Waals surface area contributed by atoms with Gasteiger partial charge in [-0.2, -0.15) is 0 Å². The highest BCUT2D eigenvalue weighted by Gasteiger charge is 2.19. The normalized spacial score (nSPS) is 11.0. The Balaban J connectivity index is 2.06. The van der Waals surface area contributed by atoms with Crippen molar-refractivity contribution in [2.45, 2.75) is 39.2 Å². The number of hydrogen-bond donors (Lipinski definition) is 1. The molecule has 0 bridgehead atoms. The molecule has 1 N–H and O–H groups in total. The number of anilines is 1. The van der Waals surface area contributed by atoms with Gasteiger partial charge in [-0.15, -0.1) is 0 Å². The first-order valence-corrected chi connectivity index (χ1v) is 8.68. The fourth-order valence-electron chi connectivity index (χ4n) is 2.16. The minimum Gasteiger partial charge on any atom is -0.460 e. The van der Waals surface area contributed by atoms with Crippen molar-refractivity contribution in [2.24, 2.45) is 0 Å². The second-order valence-electron chi connectivity index (χ2n) is 6.46. The lowest BCUT2D eigenvalue weighted by Crippen LogP contribution is -2.24. The van der Waals surface area contributed by atoms with E-state index in [0.717, 1.165) is 17.5 Å². The molecule has 1 heterocycles. The van der Waals surface area contributed by atoms with Crippen molar-refractivity contribution in [1.29, 1.82) is 0 Å². The summed E-state index contributed by atoms with van der Waals surface area (Å²) in [5.41, 5.74) is 0.504. The average Bonchev–Trinajstić information content (AvgIpc) is 3.00. The third kappa shape index (κ3) is 5.62. The van der Waals surface area contributed by atoms with Gasteiger partial charge in [0.1, 0.15) is 11.8 Å². The molecular weight excluding hydrogens is 358 g/mol. The molecule has 0 saturated carbocycles. The largest absolute Gasteiger partial charge is 0.460 e. The zero-order valence-electron chi connectivity index (χ0n) is 14.6. The highest BCUT2D eigenvalue weighted by atomic mass is 32.1. The van der Waals surface area contributed by atoms with Crippen molar-refractivity contribution in [1.82, 2.24) is 4.98 Å². The van der Waals surface area contributed by atoms with Crippen LogP contribution in [0.5, 0.6) is 0 Å². The number of amides is 1. The number of carbonyl (C=O) groups excluding carboxylic acids is 2. The molecule has 0 spiro atoms. The molecule has 1 amide bonds. The van der Waals surface area contributed by atoms with Gasteiger partial charge in [-0.1, -0.05) is 18.2 Å². The summed E-state index contributed by atoms with van der Waals surface area (Å²) in [6.45, 7) is 5.37. The number of ether oxygens (including phenoxy) is 1. The van der Waals surface area contributed by atoms with Crippen LogP contribution >= 0.6 is 11.3 Å². The van der Waals surface area contributed by atoms with Crippen molar-refractivity contribution in [3.8, 4) is 0 Å². The van der Waals surface area contributed by atoms with E-state index in [1.807, 2.05) is 0 Å². The smallest absolute Gasteiger partial charge is 0.345 e. The number of nitro groups is 1. The van der Waals surface area contributed by atoms with Crippen LogP contribution in [0, 0.1) is 10.1 Å². The third-order valence-electron chi connectivity index (χ3n) is 3.17. The molecule has 0 saturated heterocycles. The van der Waals surface area contributed by atoms with Crippen LogP contribution in [0.4, 0.5) is 10.1 Å². The van der Waals surface area contributed by atoms with Crippen molar-refractivity contribution in [3.05, 3.63) is 51.7 Å². The Kier molecular flexibility index (Phi) is 6.04. The van der Waals surface area contributed by atoms with E-state index in [2.05, 4.69) is 10.3 Å². The Labute approximate surface area is 154 Å². The quantitative estimate of drug-likeness (QED) is 0.468. The molecule has 0 aliphatic rings. The van der Waals surface area contributed by atoms with Crippen LogP contribution in [0.3, 0.4) is 0 Å². The number of aryl methyl sites for hydroxylation is 1. The number of nitrogens with zero attached hydrogens (tertiary/aromatic N) is 2. The molecule has 0 aliphatic heterocycles. The van der Waals surface area contributed by atoms with Crippen LogP contribution in [0.15, 0.2) is 30.5 Å². The Morgan fingerprint density at radius 3 is 2.62 bits per heavy atom. The topological polar surface area (TPSA) is 111 Å². The third-order valence-corrected chi connectivity index (χ3v) is 4.04. The first-order valence-electron chi connectivity index (χ1n) is 7.87. The van der Waals surface area contributed by atoms with E-state index in [1.54, 1.807) is 45.0 Å². The van der Waals surface area contributed by atoms with E-state index >= 15 is 0 Å². The van der Waals surface area contributed by atoms with E-state index < -0.39 is 16.4 Å². The Morgan fingerprint density at radius 2 is 2.00 bits per heavy atom. The molecule has 138 valence electrons. The highest BCUT2D eigenvalue weighted by molar-refractivity contribution is 7.18. The number of benzene rings is 1. The molecule has 2 rings (SSSR count). The molecule has 26 heavy (non-hydrogen) atoms. The summed E-state index contributed by atoms with van der Waals surface area (Å²) < 4.78 is 5.27. The van der Waals surface area contributed by atoms with Gasteiger partial charge in [-0.3, -0.25) is 25.0 Å². The van der Waals surface area contributed by atoms with E-state index in [9.17, 15) is 19.7 Å². The number of thiazole rings is 1. The summed E-state index contributed by atoms with van der Waals surface area (Å²) in [6, 6.07) is 6.86. The summed E-state index contributed by atoms with van der Waals surface area (Å²) in [5, 5.41) is 13.2. The molecule has 1 aromatic heterocycles. The number of aromatic nitrogens is 1. The molecular formula is C17H19N3O5S. The summed E-state index contributed by atoms with van der Waals surface area (Å²) >= 11 is 0.778. The fraction of sp³-hybridized carbons (Fsp3) is 0.353. The van der Waals surface area contributed by atoms with E-state index in [1.165, 1.54) is 0 Å². The lowest BCUT2D eigenvalue weighted by Gasteiger charge is -2.19. The minimum absolute atomic E-state index is 0.142. The van der Waals surface area contributed by atoms with Crippen LogP contribution in [-0.4, -0.2) is 27.4 Å². The van der Waals surface area contributed by atoms with Gasteiger partial charge >= 0.3 is 11.0 Å². The molecule has 9 heteroatoms. The lowest BCUT2D eigenvalue weighted by atomic mass is 10.0. The van der Waals surface area contributed by atoms with E-state index in [-0.39, 0.29) is 22.5 Å². The summed E-state index contributed by atoms with van der Waals surface area (Å²) in [4.78, 5) is 38.3. The van der Waals surface area contributed by atoms with Gasteiger partial charge in [0.2, 0.25) is 0 Å². The maximum atomic E-state index is 12.5. The first-order chi connectivity index (χ1) is 12.2. The molecule has 0 radical (unpaired) electrons. The second-order valence-corrected chi connectivity index (χ2v) is 7.47. The standard InChI is InChI=1S/C17H19N3O5S/c1-17(2,3)25-14(21)9-8-11-6-4-5-7-12(11)15(22)19-16-18-10-13(26-16)20(23)24/h4-7,10H,8-9H2,1-3H3,(H,18,19,22). The maximum Gasteiger partial charge on any atom is 0.345 e. The van der Waals surface area contributed by atoms with Crippen LogP contribution in [0.2, 0.25) is 0 Å². The van der Waals surface area contributed by atoms with Gasteiger partial charge in [0, 0.05) is 12.0 Å². The fourth-order valence-corrected chi connectivity index (χ4v) is 2.79. The highest BCUT2D eigenvalue weighted by Crippen LogP contribution is 2.25. The Morgan fingerprint density at radius 1 is 1.31 bits per heavy atom. The van der Waals surface area contributed by atoms with E-state index in [0.29, 0.717) is 17.5 Å². The van der Waals surface area contributed by atoms with Crippen LogP contribution in [-0.2, 0) is 16.0 Å². The van der Waals surface area contributed by atoms with Gasteiger partial charge in [0.05, 0.1) is 4.92 Å². The van der Waals surface area contributed by atoms with Crippen molar-refractivity contribution < 1.29 is 19.2 Å². The lowest BCUT2D eigenvalue weighted by molar-refractivity contribution is -0.380. The summed E-state index contributed by atoms with van der Waals surface area (Å²) in [7, 11) is 0. The van der Waals surface area contributed by atoms with E-state index in [4.69, 9.17) is 4.74 Å². The number of carbonyl (C=O) groups is 2. The zero-order chi connectivity index (χ0) is 19.3. The predicted octanol–water partition coefficient (Wildman–Crippen LogP) is 3.58. The van der Waals surface area contributed by atoms with Gasteiger partial charge in [0.25, 0.3) is 5.91 Å². The average molecular weight is 377 g/mol. The molecule has 0 aliphatic carbocycles. The molecule has 0 unspecified atom stereocenters. The summed E-state index contributed by atoms with van der Waals surface area (Å²) in [6.07, 6.45) is 1.58. The first kappa shape index (κ1) is 19.5. The predicted molar refractivity (Wildman–Crippen MR) is 97.3 cm³/mol. The van der Waals surface area contributed by atoms with Gasteiger partial charge in [-0.25, -0.2) is 4.98 Å². The van der Waals surface area contributed by atoms with Gasteiger partial charge in [0.15, 0.2) is 5.13 Å². The molecule has 8 nitrogen and oxygen atoms in total.